The molecule has 0 aromatic carbocycles. The van der Waals surface area contributed by atoms with Crippen molar-refractivity contribution >= 4 is 41.2 Å². The molecule has 0 saturated heterocycles. The Kier molecular flexibility index (Phi) is 18.1. The molecule has 13 heteroatoms. The predicted octanol–water partition coefficient (Wildman–Crippen LogP) is 4.08. The molecule has 11 atom stereocenters. The first-order valence-electron chi connectivity index (χ1n) is 20.0. The number of carbonyl (C=O) groups is 7. The average molecular weight is 777 g/mol. The van der Waals surface area contributed by atoms with Crippen LogP contribution in [-0.2, 0) is 33.6 Å². The van der Waals surface area contributed by atoms with Crippen LogP contribution in [0, 0.1) is 53.3 Å². The van der Waals surface area contributed by atoms with Crippen molar-refractivity contribution in [2.24, 2.45) is 53.3 Å². The maximum absolute atomic E-state index is 14.1. The van der Waals surface area contributed by atoms with Crippen LogP contribution in [0.25, 0.3) is 0 Å². The molecule has 316 valence electrons. The Morgan fingerprint density at radius 2 is 0.909 bits per heavy atom. The molecule has 0 radical (unpaired) electrons. The number of nitrogens with one attached hydrogen (secondary N) is 2. The molecule has 2 aliphatic rings. The summed E-state index contributed by atoms with van der Waals surface area (Å²) in [5, 5.41) is 5.77. The lowest BCUT2D eigenvalue weighted by molar-refractivity contribution is -0.149. The SMILES string of the molecule is C.CC(=O)C(CC(C)C)N(C)C(=O)C(C)N(C)C(=O)C(NC(=O)C(CC(C)C)NC(=O)C(C)N(C)C(=O)C(C)N(C)C(=O)C(C)C1C(C)C1C)C1C(C)C1C. The Bertz CT molecular complexity index is 1390. The van der Waals surface area contributed by atoms with Crippen molar-refractivity contribution in [2.45, 2.75) is 147 Å². The van der Waals surface area contributed by atoms with Crippen LogP contribution in [0.4, 0.5) is 0 Å². The molecule has 13 nitrogen and oxygen atoms in total. The van der Waals surface area contributed by atoms with Crippen molar-refractivity contribution in [1.29, 1.82) is 0 Å². The lowest BCUT2D eigenvalue weighted by Gasteiger charge is -2.35. The summed E-state index contributed by atoms with van der Waals surface area (Å²) in [6.45, 7) is 24.3. The molecule has 0 spiro atoms. The molecule has 0 aromatic heterocycles. The van der Waals surface area contributed by atoms with E-state index >= 15 is 0 Å². The normalized spacial score (nSPS) is 25.1. The van der Waals surface area contributed by atoms with E-state index in [4.69, 9.17) is 0 Å². The monoisotopic (exact) mass is 777 g/mol. The fourth-order valence-electron chi connectivity index (χ4n) is 8.06. The molecule has 2 aliphatic carbocycles. The summed E-state index contributed by atoms with van der Waals surface area (Å²) in [6, 6.07) is -5.23. The van der Waals surface area contributed by atoms with Crippen LogP contribution in [0.2, 0.25) is 0 Å². The van der Waals surface area contributed by atoms with Gasteiger partial charge in [0.15, 0.2) is 5.78 Å². The number of likely N-dealkylation sites (N-methyl/N-ethyl adjacent to an activating group) is 4. The van der Waals surface area contributed by atoms with E-state index in [0.717, 1.165) is 0 Å². The number of Topliss-reactive ketones (excluding diaryl/α,β-unsaturated/α-hetero) is 1. The number of nitrogens with zero attached hydrogens (tertiary/aromatic N) is 4. The van der Waals surface area contributed by atoms with Gasteiger partial charge in [0.25, 0.3) is 0 Å². The van der Waals surface area contributed by atoms with Crippen molar-refractivity contribution in [3.05, 3.63) is 0 Å². The Balaban J connectivity index is 0.0000151. The van der Waals surface area contributed by atoms with Gasteiger partial charge in [-0.1, -0.05) is 69.7 Å². The number of hydrogen-bond acceptors (Lipinski definition) is 7. The number of ketones is 1. The molecule has 0 aromatic rings. The molecule has 6 amide bonds. The smallest absolute Gasteiger partial charge is 0.245 e. The van der Waals surface area contributed by atoms with E-state index < -0.39 is 59.9 Å². The summed E-state index contributed by atoms with van der Waals surface area (Å²) in [5.41, 5.74) is 0. The van der Waals surface area contributed by atoms with Gasteiger partial charge in [0.1, 0.15) is 30.2 Å². The van der Waals surface area contributed by atoms with Crippen LogP contribution in [0.1, 0.15) is 110 Å². The Morgan fingerprint density at radius 1 is 0.509 bits per heavy atom. The first-order chi connectivity index (χ1) is 24.8. The minimum absolute atomic E-state index is 0. The van der Waals surface area contributed by atoms with E-state index in [1.165, 1.54) is 40.6 Å². The quantitative estimate of drug-likeness (QED) is 0.200. The Morgan fingerprint density at radius 3 is 1.31 bits per heavy atom. The molecule has 0 heterocycles. The maximum Gasteiger partial charge on any atom is 0.245 e. The molecule has 11 unspecified atom stereocenters. The van der Waals surface area contributed by atoms with Gasteiger partial charge in [-0.15, -0.1) is 0 Å². The molecule has 2 saturated carbocycles. The van der Waals surface area contributed by atoms with E-state index in [-0.39, 0.29) is 72.9 Å². The Hall–Kier alpha value is -3.51. The van der Waals surface area contributed by atoms with Gasteiger partial charge in [-0.2, -0.15) is 0 Å². The second-order valence-electron chi connectivity index (χ2n) is 17.6. The average Bonchev–Trinajstić information content (AvgIpc) is 3.93. The fraction of sp³-hybridized carbons (Fsp3) is 0.833. The van der Waals surface area contributed by atoms with Gasteiger partial charge >= 0.3 is 0 Å². The molecule has 2 rings (SSSR count). The summed E-state index contributed by atoms with van der Waals surface area (Å²) in [7, 11) is 6.23. The third-order valence-electron chi connectivity index (χ3n) is 12.9. The summed E-state index contributed by atoms with van der Waals surface area (Å²) in [4.78, 5) is 100. The van der Waals surface area contributed by atoms with E-state index in [2.05, 4.69) is 24.5 Å². The van der Waals surface area contributed by atoms with Crippen LogP contribution in [0.15, 0.2) is 0 Å². The van der Waals surface area contributed by atoms with Gasteiger partial charge < -0.3 is 30.2 Å². The highest BCUT2D eigenvalue weighted by Gasteiger charge is 2.53. The van der Waals surface area contributed by atoms with Gasteiger partial charge in [-0.05, 0) is 87.9 Å². The topological polar surface area (TPSA) is 157 Å². The van der Waals surface area contributed by atoms with Gasteiger partial charge in [-0.25, -0.2) is 0 Å². The van der Waals surface area contributed by atoms with Crippen molar-refractivity contribution in [3.8, 4) is 0 Å². The molecular weight excluding hydrogens is 700 g/mol. The molecule has 55 heavy (non-hydrogen) atoms. The lowest BCUT2D eigenvalue weighted by atomic mass is 9.99. The van der Waals surface area contributed by atoms with Crippen molar-refractivity contribution in [3.63, 3.8) is 0 Å². The van der Waals surface area contributed by atoms with Crippen molar-refractivity contribution in [2.75, 3.05) is 28.2 Å². The number of rotatable bonds is 19. The highest BCUT2D eigenvalue weighted by Crippen LogP contribution is 2.50. The van der Waals surface area contributed by atoms with Gasteiger partial charge in [0.05, 0.1) is 6.04 Å². The minimum Gasteiger partial charge on any atom is -0.343 e. The number of hydrogen-bond donors (Lipinski definition) is 2. The standard InChI is InChI=1S/C41H72N6O7.CH4/c1-20(2)18-31(42-36(49)27(10)44(14)39(52)28(11)45(15)38(51)26(9)33-22(5)23(33)6)37(50)43-35(34-24(7)25(34)8)41(54)46(16)29(12)40(53)47(17)32(30(13)48)19-21(3)4;/h20-29,31-35H,18-19H2,1-17H3,(H,42,49)(H,43,50);1H4. The molecule has 0 aliphatic heterocycles. The Labute approximate surface area is 332 Å². The van der Waals surface area contributed by atoms with Crippen LogP contribution in [-0.4, -0.2) is 125 Å². The minimum atomic E-state index is -1.00. The molecule has 0 bridgehead atoms. The van der Waals surface area contributed by atoms with Crippen LogP contribution in [0.5, 0.6) is 0 Å². The van der Waals surface area contributed by atoms with Crippen LogP contribution >= 0.6 is 0 Å². The lowest BCUT2D eigenvalue weighted by Crippen LogP contribution is -2.60. The van der Waals surface area contributed by atoms with E-state index in [1.54, 1.807) is 34.9 Å². The van der Waals surface area contributed by atoms with Gasteiger partial charge in [0.2, 0.25) is 35.4 Å². The fourth-order valence-corrected chi connectivity index (χ4v) is 8.06. The summed E-state index contributed by atoms with van der Waals surface area (Å²) < 4.78 is 0. The first kappa shape index (κ1) is 49.5. The largest absolute Gasteiger partial charge is 0.343 e. The summed E-state index contributed by atoms with van der Waals surface area (Å²) in [5.74, 6) is -1.27. The zero-order chi connectivity index (χ0) is 41.8. The van der Waals surface area contributed by atoms with Crippen LogP contribution < -0.4 is 10.6 Å². The predicted molar refractivity (Wildman–Crippen MR) is 216 cm³/mol. The summed E-state index contributed by atoms with van der Waals surface area (Å²) in [6.07, 6.45) is 0.775. The molecule has 2 N–H and O–H groups in total. The molecular formula is C42H76N6O7. The first-order valence-corrected chi connectivity index (χ1v) is 20.0. The maximum atomic E-state index is 14.1. The van der Waals surface area contributed by atoms with Crippen molar-refractivity contribution < 1.29 is 33.6 Å². The van der Waals surface area contributed by atoms with Crippen LogP contribution in [0.3, 0.4) is 0 Å². The van der Waals surface area contributed by atoms with Gasteiger partial charge in [-0.3, -0.25) is 33.6 Å². The van der Waals surface area contributed by atoms with E-state index in [9.17, 15) is 33.6 Å². The second-order valence-corrected chi connectivity index (χ2v) is 17.6. The van der Waals surface area contributed by atoms with Crippen molar-refractivity contribution in [1.82, 2.24) is 30.2 Å². The highest BCUT2D eigenvalue weighted by atomic mass is 16.2. The third-order valence-corrected chi connectivity index (χ3v) is 12.9. The third kappa shape index (κ3) is 11.8. The van der Waals surface area contributed by atoms with E-state index in [1.807, 2.05) is 48.5 Å². The number of carbonyl (C=O) groups excluding carboxylic acids is 7. The van der Waals surface area contributed by atoms with E-state index in [0.29, 0.717) is 18.3 Å². The number of amides is 6. The van der Waals surface area contributed by atoms with Gasteiger partial charge in [0, 0.05) is 34.1 Å². The summed E-state index contributed by atoms with van der Waals surface area (Å²) >= 11 is 0. The molecule has 2 fully saturated rings. The second kappa shape index (κ2) is 20.1. The highest BCUT2D eigenvalue weighted by molar-refractivity contribution is 5.97. The zero-order valence-corrected chi connectivity index (χ0v) is 36.2. The zero-order valence-electron chi connectivity index (χ0n) is 36.2.